The van der Waals surface area contributed by atoms with Crippen LogP contribution in [-0.4, -0.2) is 4.92 Å². The minimum Gasteiger partial charge on any atom is -0.258 e. The van der Waals surface area contributed by atoms with Gasteiger partial charge >= 0.3 is 6.18 Å². The number of nitrogens with zero attached hydrogens (tertiary/aromatic N) is 1. The molecule has 0 fully saturated rings. The molecule has 1 radical (unpaired) electrons. The zero-order valence-corrected chi connectivity index (χ0v) is 6.13. The van der Waals surface area contributed by atoms with Gasteiger partial charge in [0, 0.05) is 0 Å². The monoisotopic (exact) mass is 190 g/mol. The lowest BCUT2D eigenvalue weighted by Gasteiger charge is -2.05. The molecule has 0 N–H and O–H groups in total. The van der Waals surface area contributed by atoms with Crippen LogP contribution >= 0.6 is 0 Å². The summed E-state index contributed by atoms with van der Waals surface area (Å²) in [6.07, 6.45) is -4.71. The van der Waals surface area contributed by atoms with Crippen LogP contribution < -0.4 is 0 Å². The quantitative estimate of drug-likeness (QED) is 0.504. The molecule has 1 aromatic carbocycles. The van der Waals surface area contributed by atoms with Gasteiger partial charge in [0.15, 0.2) is 0 Å². The maximum Gasteiger partial charge on any atom is 0.423 e. The Kier molecular flexibility index (Phi) is 2.22. The van der Waals surface area contributed by atoms with Crippen molar-refractivity contribution in [2.24, 2.45) is 0 Å². The van der Waals surface area contributed by atoms with Crippen LogP contribution in [0.5, 0.6) is 0 Å². The number of para-hydroxylation sites is 1. The normalized spacial score (nSPS) is 11.3. The number of hydrogen-bond acceptors (Lipinski definition) is 2. The standard InChI is InChI=1S/C7H3F3NO2/c8-7(9,10)5-3-1-2-4-6(5)11(12)13/h1-3H. The highest BCUT2D eigenvalue weighted by Crippen LogP contribution is 2.35. The third kappa shape index (κ3) is 1.95. The lowest BCUT2D eigenvalue weighted by molar-refractivity contribution is -0.388. The molecule has 0 aliphatic heterocycles. The van der Waals surface area contributed by atoms with Crippen molar-refractivity contribution >= 4 is 5.69 Å². The molecule has 0 heterocycles. The summed E-state index contributed by atoms with van der Waals surface area (Å²) < 4.78 is 36.3. The predicted octanol–water partition coefficient (Wildman–Crippen LogP) is 2.41. The van der Waals surface area contributed by atoms with Gasteiger partial charge in [0.1, 0.15) is 5.56 Å². The van der Waals surface area contributed by atoms with Crippen molar-refractivity contribution in [3.8, 4) is 0 Å². The minimum atomic E-state index is -4.71. The number of nitro benzene ring substituents is 1. The summed E-state index contributed by atoms with van der Waals surface area (Å²) in [6, 6.07) is 4.69. The Hall–Kier alpha value is -1.59. The maximum absolute atomic E-state index is 12.1. The SMILES string of the molecule is O=[N+]([O-])c1[c]cccc1C(F)(F)F. The summed E-state index contributed by atoms with van der Waals surface area (Å²) in [6.45, 7) is 0. The largest absolute Gasteiger partial charge is 0.423 e. The molecular weight excluding hydrogens is 187 g/mol. The second-order valence-electron chi connectivity index (χ2n) is 2.19. The van der Waals surface area contributed by atoms with Crippen LogP contribution in [0.15, 0.2) is 18.2 Å². The van der Waals surface area contributed by atoms with Crippen LogP contribution in [0.1, 0.15) is 5.56 Å². The first kappa shape index (κ1) is 9.50. The second-order valence-corrected chi connectivity index (χ2v) is 2.19. The second kappa shape index (κ2) is 3.04. The Morgan fingerprint density at radius 1 is 1.46 bits per heavy atom. The van der Waals surface area contributed by atoms with E-state index in [2.05, 4.69) is 0 Å². The third-order valence-electron chi connectivity index (χ3n) is 1.32. The first-order valence-electron chi connectivity index (χ1n) is 3.15. The Morgan fingerprint density at radius 2 is 2.08 bits per heavy atom. The fraction of sp³-hybridized carbons (Fsp3) is 0.143. The molecule has 0 saturated heterocycles. The summed E-state index contributed by atoms with van der Waals surface area (Å²) in [5.41, 5.74) is -2.32. The average molecular weight is 190 g/mol. The van der Waals surface area contributed by atoms with Crippen molar-refractivity contribution in [3.63, 3.8) is 0 Å². The lowest BCUT2D eigenvalue weighted by Crippen LogP contribution is -2.08. The predicted molar refractivity (Wildman–Crippen MR) is 36.9 cm³/mol. The summed E-state index contributed by atoms with van der Waals surface area (Å²) in [4.78, 5) is 9.03. The molecule has 0 unspecified atom stereocenters. The van der Waals surface area contributed by atoms with Crippen LogP contribution in [0.4, 0.5) is 18.9 Å². The molecule has 1 rings (SSSR count). The summed E-state index contributed by atoms with van der Waals surface area (Å²) >= 11 is 0. The minimum absolute atomic E-state index is 0.647. The third-order valence-corrected chi connectivity index (χ3v) is 1.32. The van der Waals surface area contributed by atoms with Crippen LogP contribution in [0.2, 0.25) is 0 Å². The smallest absolute Gasteiger partial charge is 0.258 e. The first-order chi connectivity index (χ1) is 5.93. The molecule has 0 amide bonds. The van der Waals surface area contributed by atoms with Crippen molar-refractivity contribution in [3.05, 3.63) is 39.9 Å². The molecule has 0 bridgehead atoms. The zero-order valence-electron chi connectivity index (χ0n) is 6.13. The Morgan fingerprint density at radius 3 is 2.46 bits per heavy atom. The first-order valence-corrected chi connectivity index (χ1v) is 3.15. The highest BCUT2D eigenvalue weighted by Gasteiger charge is 2.37. The molecule has 0 spiro atoms. The Labute approximate surface area is 70.9 Å². The van der Waals surface area contributed by atoms with Gasteiger partial charge in [0.25, 0.3) is 5.69 Å². The van der Waals surface area contributed by atoms with Gasteiger partial charge in [0.2, 0.25) is 0 Å². The molecule has 6 heteroatoms. The van der Waals surface area contributed by atoms with E-state index in [1.807, 2.05) is 6.07 Å². The van der Waals surface area contributed by atoms with Gasteiger partial charge in [-0.3, -0.25) is 10.1 Å². The molecular formula is C7H3F3NO2. The van der Waals surface area contributed by atoms with Gasteiger partial charge < -0.3 is 0 Å². The topological polar surface area (TPSA) is 43.1 Å². The van der Waals surface area contributed by atoms with Gasteiger partial charge in [-0.25, -0.2) is 0 Å². The number of hydrogen-bond donors (Lipinski definition) is 0. The molecule has 3 nitrogen and oxygen atoms in total. The van der Waals surface area contributed by atoms with Gasteiger partial charge in [-0.2, -0.15) is 13.2 Å². The number of nitro groups is 1. The van der Waals surface area contributed by atoms with Crippen molar-refractivity contribution in [1.29, 1.82) is 0 Å². The summed E-state index contributed by atoms with van der Waals surface area (Å²) in [7, 11) is 0. The van der Waals surface area contributed by atoms with Crippen LogP contribution in [0.3, 0.4) is 0 Å². The molecule has 0 saturated carbocycles. The van der Waals surface area contributed by atoms with Crippen molar-refractivity contribution in [2.45, 2.75) is 6.18 Å². The number of benzene rings is 1. The molecule has 0 aliphatic rings. The van der Waals surface area contributed by atoms with E-state index in [-0.39, 0.29) is 0 Å². The number of rotatable bonds is 1. The van der Waals surface area contributed by atoms with E-state index < -0.39 is 22.4 Å². The average Bonchev–Trinajstić information content (AvgIpc) is 2.03. The van der Waals surface area contributed by atoms with E-state index in [0.29, 0.717) is 6.07 Å². The van der Waals surface area contributed by atoms with E-state index in [1.54, 1.807) is 0 Å². The van der Waals surface area contributed by atoms with Gasteiger partial charge in [-0.1, -0.05) is 6.07 Å². The summed E-state index contributed by atoms with van der Waals surface area (Å²) in [5, 5.41) is 10.1. The highest BCUT2D eigenvalue weighted by molar-refractivity contribution is 5.40. The van der Waals surface area contributed by atoms with Crippen molar-refractivity contribution in [1.82, 2.24) is 0 Å². The lowest BCUT2D eigenvalue weighted by atomic mass is 10.2. The van der Waals surface area contributed by atoms with Gasteiger partial charge in [-0.05, 0) is 12.1 Å². The summed E-state index contributed by atoms with van der Waals surface area (Å²) in [5.74, 6) is 0. The van der Waals surface area contributed by atoms with E-state index in [9.17, 15) is 23.3 Å². The highest BCUT2D eigenvalue weighted by atomic mass is 19.4. The van der Waals surface area contributed by atoms with Gasteiger partial charge in [0.05, 0.1) is 11.0 Å². The maximum atomic E-state index is 12.1. The molecule has 13 heavy (non-hydrogen) atoms. The molecule has 1 aromatic rings. The van der Waals surface area contributed by atoms with Crippen molar-refractivity contribution < 1.29 is 18.1 Å². The van der Waals surface area contributed by atoms with E-state index in [0.717, 1.165) is 12.1 Å². The molecule has 0 aromatic heterocycles. The van der Waals surface area contributed by atoms with Crippen molar-refractivity contribution in [2.75, 3.05) is 0 Å². The van der Waals surface area contributed by atoms with Crippen LogP contribution in [0, 0.1) is 16.2 Å². The van der Waals surface area contributed by atoms with Crippen LogP contribution in [-0.2, 0) is 6.18 Å². The van der Waals surface area contributed by atoms with Gasteiger partial charge in [-0.15, -0.1) is 0 Å². The molecule has 69 valence electrons. The van der Waals surface area contributed by atoms with E-state index in [4.69, 9.17) is 0 Å². The fourth-order valence-corrected chi connectivity index (χ4v) is 0.808. The van der Waals surface area contributed by atoms with Crippen LogP contribution in [0.25, 0.3) is 0 Å². The molecule has 0 atom stereocenters. The van der Waals surface area contributed by atoms with E-state index in [1.165, 1.54) is 0 Å². The fourth-order valence-electron chi connectivity index (χ4n) is 0.808. The molecule has 0 aliphatic carbocycles. The number of halogens is 3. The Bertz CT molecular complexity index is 335. The zero-order chi connectivity index (χ0) is 10.1. The van der Waals surface area contributed by atoms with E-state index >= 15 is 0 Å². The Balaban J connectivity index is 3.28. The number of alkyl halides is 3.